The molecule has 0 spiro atoms. The van der Waals surface area contributed by atoms with Crippen molar-refractivity contribution in [1.29, 1.82) is 0 Å². The van der Waals surface area contributed by atoms with Crippen LogP contribution in [0.3, 0.4) is 0 Å². The highest BCUT2D eigenvalue weighted by Crippen LogP contribution is 2.31. The van der Waals surface area contributed by atoms with E-state index in [2.05, 4.69) is 5.10 Å². The number of carbonyl (C=O) groups excluding carboxylic acids is 1. The largest absolute Gasteiger partial charge is 0.291 e. The van der Waals surface area contributed by atoms with E-state index in [1.54, 1.807) is 30.7 Å². The molecule has 1 heterocycles. The summed E-state index contributed by atoms with van der Waals surface area (Å²) in [7, 11) is 0. The minimum absolute atomic E-state index is 0.0282. The van der Waals surface area contributed by atoms with Crippen molar-refractivity contribution in [3.63, 3.8) is 0 Å². The second-order valence-corrected chi connectivity index (χ2v) is 6.25. The van der Waals surface area contributed by atoms with Crippen LogP contribution >= 0.6 is 11.6 Å². The Labute approximate surface area is 128 Å². The number of aromatic nitrogens is 2. The van der Waals surface area contributed by atoms with Crippen LogP contribution in [0, 0.1) is 5.82 Å². The molecule has 0 amide bonds. The summed E-state index contributed by atoms with van der Waals surface area (Å²) in [6, 6.07) is 5.98. The number of hydrogen-bond donors (Lipinski definition) is 0. The third-order valence-corrected chi connectivity index (χ3v) is 3.87. The number of carbonyl (C=O) groups is 1. The van der Waals surface area contributed by atoms with Crippen LogP contribution in [0.2, 0.25) is 5.02 Å². The number of ketones is 1. The quantitative estimate of drug-likeness (QED) is 0.784. The van der Waals surface area contributed by atoms with Gasteiger partial charge in [0.2, 0.25) is 0 Å². The normalized spacial score (nSPS) is 12.0. The van der Waals surface area contributed by atoms with Crippen LogP contribution in [0.4, 0.5) is 4.39 Å². The van der Waals surface area contributed by atoms with Crippen LogP contribution < -0.4 is 0 Å². The zero-order chi connectivity index (χ0) is 15.8. The van der Waals surface area contributed by atoms with Gasteiger partial charge in [-0.2, -0.15) is 5.10 Å². The van der Waals surface area contributed by atoms with Crippen molar-refractivity contribution in [2.45, 2.75) is 39.2 Å². The molecule has 0 aliphatic carbocycles. The van der Waals surface area contributed by atoms with Gasteiger partial charge in [0, 0.05) is 6.04 Å². The number of Topliss-reactive ketones (excluding diaryl/α,β-unsaturated/α-hetero) is 1. The highest BCUT2D eigenvalue weighted by molar-refractivity contribution is 6.34. The van der Waals surface area contributed by atoms with Gasteiger partial charge in [-0.1, -0.05) is 23.7 Å². The van der Waals surface area contributed by atoms with E-state index >= 15 is 0 Å². The molecule has 0 N–H and O–H groups in total. The van der Waals surface area contributed by atoms with Crippen LogP contribution in [0.25, 0.3) is 0 Å². The molecule has 0 atom stereocenters. The molecule has 0 unspecified atom stereocenters. The molecule has 0 aliphatic heterocycles. The Hall–Kier alpha value is -1.68. The van der Waals surface area contributed by atoms with Gasteiger partial charge in [0.1, 0.15) is 11.5 Å². The van der Waals surface area contributed by atoms with Crippen molar-refractivity contribution in [2.24, 2.45) is 0 Å². The molecule has 0 fully saturated rings. The molecule has 112 valence electrons. The lowest BCUT2D eigenvalue weighted by atomic mass is 9.79. The predicted octanol–water partition coefficient (Wildman–Crippen LogP) is 4.42. The lowest BCUT2D eigenvalue weighted by Crippen LogP contribution is -2.31. The smallest absolute Gasteiger partial charge is 0.192 e. The van der Waals surface area contributed by atoms with E-state index in [4.69, 9.17) is 11.6 Å². The number of rotatable bonds is 4. The van der Waals surface area contributed by atoms with E-state index < -0.39 is 5.41 Å². The third kappa shape index (κ3) is 2.86. The molecule has 0 bridgehead atoms. The SMILES string of the molecule is CC(C)n1ncc(Cl)c1C(=O)C(C)(C)c1ccc(F)cc1. The van der Waals surface area contributed by atoms with Crippen molar-refractivity contribution in [3.8, 4) is 0 Å². The van der Waals surface area contributed by atoms with Gasteiger partial charge in [-0.15, -0.1) is 0 Å². The highest BCUT2D eigenvalue weighted by Gasteiger charge is 2.34. The molecule has 0 saturated heterocycles. The molecule has 21 heavy (non-hydrogen) atoms. The fourth-order valence-electron chi connectivity index (χ4n) is 2.24. The zero-order valence-corrected chi connectivity index (χ0v) is 13.3. The summed E-state index contributed by atoms with van der Waals surface area (Å²) in [6.07, 6.45) is 1.48. The van der Waals surface area contributed by atoms with Crippen LogP contribution in [0.1, 0.15) is 49.8 Å². The first-order valence-corrected chi connectivity index (χ1v) is 7.16. The average molecular weight is 309 g/mol. The van der Waals surface area contributed by atoms with Gasteiger partial charge < -0.3 is 0 Å². The van der Waals surface area contributed by atoms with Crippen LogP contribution in [-0.2, 0) is 5.41 Å². The summed E-state index contributed by atoms with van der Waals surface area (Å²) in [5, 5.41) is 4.50. The lowest BCUT2D eigenvalue weighted by Gasteiger charge is -2.25. The fraction of sp³-hybridized carbons (Fsp3) is 0.375. The first kappa shape index (κ1) is 15.7. The number of halogens is 2. The standard InChI is InChI=1S/C16H18ClFN2O/c1-10(2)20-14(13(17)9-19-20)15(21)16(3,4)11-5-7-12(18)8-6-11/h5-10H,1-4H3. The van der Waals surface area contributed by atoms with Crippen LogP contribution in [0.5, 0.6) is 0 Å². The van der Waals surface area contributed by atoms with Crippen molar-refractivity contribution in [1.82, 2.24) is 9.78 Å². The summed E-state index contributed by atoms with van der Waals surface area (Å²) in [5.74, 6) is -0.461. The Bertz CT molecular complexity index is 659. The minimum Gasteiger partial charge on any atom is -0.291 e. The van der Waals surface area contributed by atoms with Crippen LogP contribution in [-0.4, -0.2) is 15.6 Å². The number of benzene rings is 1. The lowest BCUT2D eigenvalue weighted by molar-refractivity contribution is 0.0895. The van der Waals surface area contributed by atoms with Crippen LogP contribution in [0.15, 0.2) is 30.5 Å². The Morgan fingerprint density at radius 2 is 1.86 bits per heavy atom. The van der Waals surface area contributed by atoms with E-state index in [0.717, 1.165) is 5.56 Å². The van der Waals surface area contributed by atoms with Gasteiger partial charge in [0.05, 0.1) is 16.6 Å². The van der Waals surface area contributed by atoms with Gasteiger partial charge in [-0.3, -0.25) is 9.48 Å². The third-order valence-electron chi connectivity index (χ3n) is 3.59. The summed E-state index contributed by atoms with van der Waals surface area (Å²) in [5.41, 5.74) is 0.312. The van der Waals surface area contributed by atoms with E-state index in [9.17, 15) is 9.18 Å². The summed E-state index contributed by atoms with van der Waals surface area (Å²) < 4.78 is 14.7. The molecule has 0 radical (unpaired) electrons. The van der Waals surface area contributed by atoms with Gasteiger partial charge in [-0.25, -0.2) is 4.39 Å². The van der Waals surface area contributed by atoms with E-state index in [1.807, 2.05) is 13.8 Å². The average Bonchev–Trinajstić information content (AvgIpc) is 2.80. The second kappa shape index (κ2) is 5.60. The van der Waals surface area contributed by atoms with E-state index in [0.29, 0.717) is 10.7 Å². The zero-order valence-electron chi connectivity index (χ0n) is 12.5. The van der Waals surface area contributed by atoms with Crippen molar-refractivity contribution in [3.05, 3.63) is 52.6 Å². The highest BCUT2D eigenvalue weighted by atomic mass is 35.5. The predicted molar refractivity (Wildman–Crippen MR) is 81.4 cm³/mol. The van der Waals surface area contributed by atoms with Gasteiger partial charge in [0.15, 0.2) is 5.78 Å². The maximum atomic E-state index is 13.1. The molecule has 2 aromatic rings. The number of hydrogen-bond acceptors (Lipinski definition) is 2. The van der Waals surface area contributed by atoms with E-state index in [-0.39, 0.29) is 17.6 Å². The Balaban J connectivity index is 2.48. The summed E-state index contributed by atoms with van der Waals surface area (Å²) in [6.45, 7) is 7.48. The molecule has 2 rings (SSSR count). The van der Waals surface area contributed by atoms with Crippen molar-refractivity contribution in [2.75, 3.05) is 0 Å². The van der Waals surface area contributed by atoms with Gasteiger partial charge in [-0.05, 0) is 45.4 Å². The first-order chi connectivity index (χ1) is 9.75. The molecule has 1 aromatic carbocycles. The maximum Gasteiger partial charge on any atom is 0.192 e. The van der Waals surface area contributed by atoms with Crippen molar-refractivity contribution < 1.29 is 9.18 Å². The molecule has 0 aliphatic rings. The van der Waals surface area contributed by atoms with Crippen molar-refractivity contribution >= 4 is 17.4 Å². The molecule has 3 nitrogen and oxygen atoms in total. The molecular formula is C16H18ClFN2O. The Morgan fingerprint density at radius 1 is 1.29 bits per heavy atom. The molecule has 5 heteroatoms. The van der Waals surface area contributed by atoms with Gasteiger partial charge >= 0.3 is 0 Å². The minimum atomic E-state index is -0.815. The number of nitrogens with zero attached hydrogens (tertiary/aromatic N) is 2. The Kier molecular flexibility index (Phi) is 4.19. The summed E-state index contributed by atoms with van der Waals surface area (Å²) >= 11 is 6.14. The molecule has 1 aromatic heterocycles. The molecule has 0 saturated carbocycles. The first-order valence-electron chi connectivity index (χ1n) is 6.79. The van der Waals surface area contributed by atoms with Gasteiger partial charge in [0.25, 0.3) is 0 Å². The second-order valence-electron chi connectivity index (χ2n) is 5.84. The van der Waals surface area contributed by atoms with E-state index in [1.165, 1.54) is 18.3 Å². The maximum absolute atomic E-state index is 13.1. The Morgan fingerprint density at radius 3 is 2.38 bits per heavy atom. The monoisotopic (exact) mass is 308 g/mol. The molecular weight excluding hydrogens is 291 g/mol. The fourth-order valence-corrected chi connectivity index (χ4v) is 2.45. The summed E-state index contributed by atoms with van der Waals surface area (Å²) in [4.78, 5) is 12.9. The topological polar surface area (TPSA) is 34.9 Å².